The predicted octanol–water partition coefficient (Wildman–Crippen LogP) is 1.71. The maximum absolute atomic E-state index is 5.23. The molecular weight excluding hydrogens is 201 g/mol. The van der Waals surface area contributed by atoms with Crippen LogP contribution in [0.2, 0.25) is 6.82 Å². The van der Waals surface area contributed by atoms with Crippen molar-refractivity contribution < 1.29 is 2.98 Å². The molecular formula is CH3BClIO. The van der Waals surface area contributed by atoms with E-state index < -0.39 is 0 Å². The van der Waals surface area contributed by atoms with Gasteiger partial charge in [0, 0.05) is 0 Å². The number of halogens is 2. The minimum atomic E-state index is -0.157. The third kappa shape index (κ3) is 5.04. The summed E-state index contributed by atoms with van der Waals surface area (Å²) in [6.45, 7) is 1.76. The Kier molecular flexibility index (Phi) is 3.92. The summed E-state index contributed by atoms with van der Waals surface area (Å²) in [6, 6.07) is 0. The summed E-state index contributed by atoms with van der Waals surface area (Å²) in [7, 11) is 0. The fourth-order valence-electron chi connectivity index (χ4n) is 0. The van der Waals surface area contributed by atoms with Crippen LogP contribution in [0.3, 0.4) is 0 Å². The maximum Gasteiger partial charge on any atom is 0.406 e. The second-order valence-electron chi connectivity index (χ2n) is 0.632. The van der Waals surface area contributed by atoms with Gasteiger partial charge in [0.1, 0.15) is 0 Å². The van der Waals surface area contributed by atoms with Gasteiger partial charge in [-0.2, -0.15) is 11.5 Å². The zero-order chi connectivity index (χ0) is 4.28. The molecule has 0 atom stereocenters. The Labute approximate surface area is 50.7 Å². The molecule has 0 aromatic rings. The van der Waals surface area contributed by atoms with E-state index in [9.17, 15) is 0 Å². The van der Waals surface area contributed by atoms with Crippen LogP contribution in [0.5, 0.6) is 0 Å². The van der Waals surface area contributed by atoms with E-state index in [1.807, 2.05) is 0 Å². The molecule has 0 saturated heterocycles. The average Bonchev–Trinajstić information content (AvgIpc) is 1.38. The molecule has 0 fully saturated rings. The second kappa shape index (κ2) is 3.24. The van der Waals surface area contributed by atoms with Crippen molar-refractivity contribution in [2.75, 3.05) is 0 Å². The van der Waals surface area contributed by atoms with E-state index in [4.69, 9.17) is 11.5 Å². The van der Waals surface area contributed by atoms with Gasteiger partial charge in [-0.1, -0.05) is 0 Å². The minimum absolute atomic E-state index is 0.157. The molecule has 0 bridgehead atoms. The van der Waals surface area contributed by atoms with Crippen molar-refractivity contribution >= 4 is 40.8 Å². The van der Waals surface area contributed by atoms with Crippen LogP contribution < -0.4 is 0 Å². The fraction of sp³-hybridized carbons (Fsp3) is 1.00. The van der Waals surface area contributed by atoms with E-state index in [1.54, 1.807) is 29.8 Å². The third-order valence-electron chi connectivity index (χ3n) is 0.123. The van der Waals surface area contributed by atoms with Crippen molar-refractivity contribution in [2.24, 2.45) is 0 Å². The smallest absolute Gasteiger partial charge is 0.358 e. The highest BCUT2D eigenvalue weighted by atomic mass is 127. The van der Waals surface area contributed by atoms with Crippen LogP contribution in [0, 0.1) is 0 Å². The molecule has 0 radical (unpaired) electrons. The normalized spacial score (nSPS) is 7.80. The molecule has 0 aromatic heterocycles. The van der Waals surface area contributed by atoms with Crippen molar-refractivity contribution in [1.82, 2.24) is 0 Å². The molecule has 0 aliphatic heterocycles. The van der Waals surface area contributed by atoms with Gasteiger partial charge in [-0.15, -0.1) is 0 Å². The van der Waals surface area contributed by atoms with Crippen molar-refractivity contribution in [3.63, 3.8) is 0 Å². The first-order valence-electron chi connectivity index (χ1n) is 1.19. The Hall–Kier alpha value is 1.04. The van der Waals surface area contributed by atoms with Gasteiger partial charge in [0.15, 0.2) is 0 Å². The van der Waals surface area contributed by atoms with Gasteiger partial charge in [0.05, 0.1) is 23.0 Å². The van der Waals surface area contributed by atoms with E-state index in [0.29, 0.717) is 0 Å². The topological polar surface area (TPSA) is 9.23 Å². The molecule has 0 amide bonds. The van der Waals surface area contributed by atoms with Crippen molar-refractivity contribution in [2.45, 2.75) is 6.82 Å². The first kappa shape index (κ1) is 6.04. The SMILES string of the molecule is CB(Cl)OI. The summed E-state index contributed by atoms with van der Waals surface area (Å²) in [5.41, 5.74) is 0. The summed E-state index contributed by atoms with van der Waals surface area (Å²) < 4.78 is 4.49. The highest BCUT2D eigenvalue weighted by Gasteiger charge is 1.95. The van der Waals surface area contributed by atoms with Gasteiger partial charge >= 0.3 is 6.33 Å². The highest BCUT2D eigenvalue weighted by molar-refractivity contribution is 14.1. The molecule has 0 spiro atoms. The van der Waals surface area contributed by atoms with Gasteiger partial charge in [0.25, 0.3) is 0 Å². The molecule has 5 heavy (non-hydrogen) atoms. The number of hydrogen-bond acceptors (Lipinski definition) is 1. The molecule has 0 heterocycles. The molecule has 0 rings (SSSR count). The average molecular weight is 204 g/mol. The zero-order valence-electron chi connectivity index (χ0n) is 2.74. The Morgan fingerprint density at radius 1 is 2.00 bits per heavy atom. The lowest BCUT2D eigenvalue weighted by molar-refractivity contribution is 0.775. The Morgan fingerprint density at radius 2 is 2.20 bits per heavy atom. The quantitative estimate of drug-likeness (QED) is 0.466. The second-order valence-corrected chi connectivity index (χ2v) is 1.76. The Morgan fingerprint density at radius 3 is 2.20 bits per heavy atom. The summed E-state index contributed by atoms with van der Waals surface area (Å²) in [5.74, 6) is 0. The summed E-state index contributed by atoms with van der Waals surface area (Å²) in [5, 5.41) is 0. The van der Waals surface area contributed by atoms with E-state index in [-0.39, 0.29) is 6.33 Å². The lowest BCUT2D eigenvalue weighted by Gasteiger charge is -1.82. The van der Waals surface area contributed by atoms with Gasteiger partial charge in [-0.05, 0) is 6.82 Å². The standard InChI is InChI=1S/CH3BClIO/c1-2(3)5-4/h1H3. The highest BCUT2D eigenvalue weighted by Crippen LogP contribution is 1.94. The summed E-state index contributed by atoms with van der Waals surface area (Å²) in [6.07, 6.45) is -0.157. The van der Waals surface area contributed by atoms with E-state index in [2.05, 4.69) is 2.98 Å². The molecule has 0 aliphatic rings. The minimum Gasteiger partial charge on any atom is -0.358 e. The fourth-order valence-corrected chi connectivity index (χ4v) is 0. The lowest BCUT2D eigenvalue weighted by Crippen LogP contribution is -1.91. The summed E-state index contributed by atoms with van der Waals surface area (Å²) in [4.78, 5) is 0. The van der Waals surface area contributed by atoms with Gasteiger partial charge in [-0.3, -0.25) is 0 Å². The van der Waals surface area contributed by atoms with Crippen LogP contribution in [0.4, 0.5) is 0 Å². The molecule has 4 heteroatoms. The van der Waals surface area contributed by atoms with Gasteiger partial charge in [-0.25, -0.2) is 0 Å². The van der Waals surface area contributed by atoms with Gasteiger partial charge < -0.3 is 2.98 Å². The molecule has 1 nitrogen and oxygen atoms in total. The van der Waals surface area contributed by atoms with Crippen LogP contribution in [0.25, 0.3) is 0 Å². The van der Waals surface area contributed by atoms with Crippen LogP contribution >= 0.6 is 34.5 Å². The Balaban J connectivity index is 2.54. The summed E-state index contributed by atoms with van der Waals surface area (Å²) >= 11 is 6.98. The van der Waals surface area contributed by atoms with Crippen LogP contribution in [-0.2, 0) is 2.98 Å². The molecule has 0 aromatic carbocycles. The molecule has 30 valence electrons. The lowest BCUT2D eigenvalue weighted by atomic mass is 10.1. The van der Waals surface area contributed by atoms with Crippen LogP contribution in [-0.4, -0.2) is 6.33 Å². The van der Waals surface area contributed by atoms with Crippen molar-refractivity contribution in [3.05, 3.63) is 0 Å². The predicted molar refractivity (Wildman–Crippen MR) is 32.6 cm³/mol. The first-order valence-corrected chi connectivity index (χ1v) is 2.50. The van der Waals surface area contributed by atoms with E-state index in [0.717, 1.165) is 0 Å². The number of rotatable bonds is 1. The van der Waals surface area contributed by atoms with E-state index >= 15 is 0 Å². The molecule has 0 saturated carbocycles. The largest absolute Gasteiger partial charge is 0.406 e. The number of hydrogen-bond donors (Lipinski definition) is 0. The molecule has 0 N–H and O–H groups in total. The van der Waals surface area contributed by atoms with Crippen LogP contribution in [0.15, 0.2) is 0 Å². The third-order valence-corrected chi connectivity index (χ3v) is 1.28. The van der Waals surface area contributed by atoms with Crippen LogP contribution in [0.1, 0.15) is 0 Å². The van der Waals surface area contributed by atoms with Crippen molar-refractivity contribution in [1.29, 1.82) is 0 Å². The molecule has 0 aliphatic carbocycles. The van der Waals surface area contributed by atoms with Crippen molar-refractivity contribution in [3.8, 4) is 0 Å². The Bertz CT molecular complexity index is 25.6. The maximum atomic E-state index is 5.23. The first-order chi connectivity index (χ1) is 2.27. The monoisotopic (exact) mass is 204 g/mol. The van der Waals surface area contributed by atoms with E-state index in [1.165, 1.54) is 0 Å². The zero-order valence-corrected chi connectivity index (χ0v) is 5.65. The molecule has 0 unspecified atom stereocenters. The van der Waals surface area contributed by atoms with Gasteiger partial charge in [0.2, 0.25) is 0 Å².